The van der Waals surface area contributed by atoms with Crippen LogP contribution in [-0.2, 0) is 0 Å². The number of anilines is 2. The van der Waals surface area contributed by atoms with Crippen LogP contribution in [0.3, 0.4) is 0 Å². The SMILES string of the molecule is C=CCNC(=O)Nc1ccc(NC(=O)c2nc(C)n(-c3ccc(F)cc3)n2)cc1. The van der Waals surface area contributed by atoms with Crippen LogP contribution in [0, 0.1) is 12.7 Å². The van der Waals surface area contributed by atoms with Crippen molar-refractivity contribution in [3.8, 4) is 5.69 Å². The van der Waals surface area contributed by atoms with Gasteiger partial charge < -0.3 is 16.0 Å². The molecule has 1 aromatic heterocycles. The number of aryl methyl sites for hydroxylation is 1. The Balaban J connectivity index is 1.66. The van der Waals surface area contributed by atoms with Gasteiger partial charge in [0.2, 0.25) is 5.82 Å². The molecule has 0 bridgehead atoms. The lowest BCUT2D eigenvalue weighted by Crippen LogP contribution is -2.28. The highest BCUT2D eigenvalue weighted by molar-refractivity contribution is 6.01. The van der Waals surface area contributed by atoms with Crippen molar-refractivity contribution in [2.45, 2.75) is 6.92 Å². The fourth-order valence-corrected chi connectivity index (χ4v) is 2.48. The highest BCUT2D eigenvalue weighted by atomic mass is 19.1. The van der Waals surface area contributed by atoms with Gasteiger partial charge in [-0.1, -0.05) is 6.08 Å². The van der Waals surface area contributed by atoms with Crippen LogP contribution in [0.1, 0.15) is 16.4 Å². The maximum absolute atomic E-state index is 13.1. The van der Waals surface area contributed by atoms with Crippen molar-refractivity contribution < 1.29 is 14.0 Å². The molecule has 0 fully saturated rings. The molecule has 3 amide bonds. The van der Waals surface area contributed by atoms with E-state index >= 15 is 0 Å². The number of benzene rings is 2. The van der Waals surface area contributed by atoms with E-state index in [0.717, 1.165) is 0 Å². The largest absolute Gasteiger partial charge is 0.334 e. The summed E-state index contributed by atoms with van der Waals surface area (Å²) >= 11 is 0. The van der Waals surface area contributed by atoms with Gasteiger partial charge in [0.05, 0.1) is 5.69 Å². The average molecular weight is 394 g/mol. The summed E-state index contributed by atoms with van der Waals surface area (Å²) in [7, 11) is 0. The van der Waals surface area contributed by atoms with Crippen LogP contribution in [0.4, 0.5) is 20.6 Å². The molecule has 3 aromatic rings. The standard InChI is InChI=1S/C20H19FN6O2/c1-3-12-22-20(29)25-16-8-6-15(7-9-16)24-19(28)18-23-13(2)27(26-18)17-10-4-14(21)5-11-17/h3-11H,1,12H2,2H3,(H,24,28)(H2,22,25,29). The van der Waals surface area contributed by atoms with Gasteiger partial charge >= 0.3 is 6.03 Å². The van der Waals surface area contributed by atoms with E-state index in [4.69, 9.17) is 0 Å². The lowest BCUT2D eigenvalue weighted by Gasteiger charge is -2.07. The second-order valence-corrected chi connectivity index (χ2v) is 6.03. The van der Waals surface area contributed by atoms with Crippen molar-refractivity contribution in [3.63, 3.8) is 0 Å². The zero-order chi connectivity index (χ0) is 20.8. The minimum atomic E-state index is -0.488. The molecule has 148 valence electrons. The highest BCUT2D eigenvalue weighted by Gasteiger charge is 2.15. The van der Waals surface area contributed by atoms with E-state index in [9.17, 15) is 14.0 Å². The van der Waals surface area contributed by atoms with Crippen molar-refractivity contribution >= 4 is 23.3 Å². The Morgan fingerprint density at radius 1 is 1.07 bits per heavy atom. The van der Waals surface area contributed by atoms with E-state index in [2.05, 4.69) is 32.6 Å². The minimum absolute atomic E-state index is 0.0159. The Hall–Kier alpha value is -4.01. The predicted octanol–water partition coefficient (Wildman–Crippen LogP) is 3.27. The lowest BCUT2D eigenvalue weighted by molar-refractivity contribution is 0.101. The number of nitrogens with zero attached hydrogens (tertiary/aromatic N) is 3. The second-order valence-electron chi connectivity index (χ2n) is 6.03. The van der Waals surface area contributed by atoms with Gasteiger partial charge in [-0.25, -0.2) is 18.9 Å². The molecule has 0 aliphatic carbocycles. The third kappa shape index (κ3) is 5.04. The van der Waals surface area contributed by atoms with Crippen LogP contribution < -0.4 is 16.0 Å². The van der Waals surface area contributed by atoms with Crippen LogP contribution in [0.2, 0.25) is 0 Å². The first-order valence-corrected chi connectivity index (χ1v) is 8.73. The summed E-state index contributed by atoms with van der Waals surface area (Å²) in [6.07, 6.45) is 1.57. The van der Waals surface area contributed by atoms with Gasteiger partial charge in [-0.05, 0) is 55.5 Å². The topological polar surface area (TPSA) is 101 Å². The number of carbonyl (C=O) groups excluding carboxylic acids is 2. The van der Waals surface area contributed by atoms with Crippen molar-refractivity contribution in [1.29, 1.82) is 0 Å². The van der Waals surface area contributed by atoms with Crippen molar-refractivity contribution in [2.75, 3.05) is 17.2 Å². The van der Waals surface area contributed by atoms with Gasteiger partial charge in [0.15, 0.2) is 0 Å². The Morgan fingerprint density at radius 2 is 1.69 bits per heavy atom. The minimum Gasteiger partial charge on any atom is -0.334 e. The number of carbonyl (C=O) groups is 2. The molecule has 0 aliphatic rings. The van der Waals surface area contributed by atoms with Gasteiger partial charge in [0, 0.05) is 17.9 Å². The van der Waals surface area contributed by atoms with Crippen LogP contribution in [-0.4, -0.2) is 33.2 Å². The molecule has 0 spiro atoms. The molecule has 3 rings (SSSR count). The quantitative estimate of drug-likeness (QED) is 0.559. The van der Waals surface area contributed by atoms with E-state index in [-0.39, 0.29) is 17.7 Å². The maximum Gasteiger partial charge on any atom is 0.319 e. The molecule has 29 heavy (non-hydrogen) atoms. The van der Waals surface area contributed by atoms with E-state index in [1.807, 2.05) is 0 Å². The predicted molar refractivity (Wildman–Crippen MR) is 108 cm³/mol. The van der Waals surface area contributed by atoms with Gasteiger partial charge in [0.25, 0.3) is 5.91 Å². The van der Waals surface area contributed by atoms with Gasteiger partial charge in [-0.15, -0.1) is 11.7 Å². The first kappa shape index (κ1) is 19.7. The molecule has 1 heterocycles. The zero-order valence-electron chi connectivity index (χ0n) is 15.6. The number of hydrogen-bond donors (Lipinski definition) is 3. The van der Waals surface area contributed by atoms with E-state index in [1.165, 1.54) is 16.8 Å². The normalized spacial score (nSPS) is 10.3. The molecule has 0 aliphatic heterocycles. The summed E-state index contributed by atoms with van der Waals surface area (Å²) in [5.74, 6) is -0.372. The van der Waals surface area contributed by atoms with Crippen LogP contribution in [0.5, 0.6) is 0 Å². The maximum atomic E-state index is 13.1. The molecule has 2 aromatic carbocycles. The molecule has 8 nitrogen and oxygen atoms in total. The summed E-state index contributed by atoms with van der Waals surface area (Å²) in [6, 6.07) is 12.0. The van der Waals surface area contributed by atoms with E-state index < -0.39 is 5.91 Å². The van der Waals surface area contributed by atoms with E-state index in [1.54, 1.807) is 49.4 Å². The second kappa shape index (κ2) is 8.79. The Kier molecular flexibility index (Phi) is 5.98. The molecule has 0 atom stereocenters. The molecule has 0 unspecified atom stereocenters. The highest BCUT2D eigenvalue weighted by Crippen LogP contribution is 2.15. The first-order valence-electron chi connectivity index (χ1n) is 8.73. The number of hydrogen-bond acceptors (Lipinski definition) is 4. The Morgan fingerprint density at radius 3 is 2.31 bits per heavy atom. The number of halogens is 1. The summed E-state index contributed by atoms with van der Waals surface area (Å²) < 4.78 is 14.6. The molecule has 3 N–H and O–H groups in total. The molecule has 9 heteroatoms. The third-order valence-electron chi connectivity index (χ3n) is 3.85. The smallest absolute Gasteiger partial charge is 0.319 e. The Labute approximate surface area is 166 Å². The lowest BCUT2D eigenvalue weighted by atomic mass is 10.3. The molecule has 0 saturated heterocycles. The molecular weight excluding hydrogens is 375 g/mol. The fraction of sp³-hybridized carbons (Fsp3) is 0.100. The Bertz CT molecular complexity index is 1030. The summed E-state index contributed by atoms with van der Waals surface area (Å²) in [5.41, 5.74) is 1.68. The third-order valence-corrected chi connectivity index (χ3v) is 3.85. The van der Waals surface area contributed by atoms with Crippen molar-refractivity contribution in [1.82, 2.24) is 20.1 Å². The van der Waals surface area contributed by atoms with Crippen LogP contribution in [0.25, 0.3) is 5.69 Å². The fourth-order valence-electron chi connectivity index (χ4n) is 2.48. The first-order chi connectivity index (χ1) is 14.0. The molecule has 0 saturated carbocycles. The number of urea groups is 1. The molecule has 0 radical (unpaired) electrons. The summed E-state index contributed by atoms with van der Waals surface area (Å²) in [5, 5.41) is 12.1. The number of amides is 3. The van der Waals surface area contributed by atoms with Gasteiger partial charge in [-0.2, -0.15) is 0 Å². The van der Waals surface area contributed by atoms with Gasteiger partial charge in [-0.3, -0.25) is 4.79 Å². The van der Waals surface area contributed by atoms with Gasteiger partial charge in [0.1, 0.15) is 11.6 Å². The molecular formula is C20H19FN6O2. The van der Waals surface area contributed by atoms with Crippen LogP contribution >= 0.6 is 0 Å². The summed E-state index contributed by atoms with van der Waals surface area (Å²) in [6.45, 7) is 5.58. The number of nitrogens with one attached hydrogen (secondary N) is 3. The monoisotopic (exact) mass is 394 g/mol. The zero-order valence-corrected chi connectivity index (χ0v) is 15.6. The van der Waals surface area contributed by atoms with Crippen molar-refractivity contribution in [3.05, 3.63) is 78.7 Å². The number of aromatic nitrogens is 3. The van der Waals surface area contributed by atoms with E-state index in [0.29, 0.717) is 29.4 Å². The number of rotatable bonds is 6. The van der Waals surface area contributed by atoms with Crippen molar-refractivity contribution in [2.24, 2.45) is 0 Å². The average Bonchev–Trinajstić information content (AvgIpc) is 3.10. The van der Waals surface area contributed by atoms with Crippen LogP contribution in [0.15, 0.2) is 61.2 Å². The summed E-state index contributed by atoms with van der Waals surface area (Å²) in [4.78, 5) is 28.2.